The van der Waals surface area contributed by atoms with Gasteiger partial charge in [-0.05, 0) is 50.6 Å². The molecule has 9 heteroatoms. The topological polar surface area (TPSA) is 75.4 Å². The number of nitrogens with zero attached hydrogens (tertiary/aromatic N) is 2. The summed E-state index contributed by atoms with van der Waals surface area (Å²) < 4.78 is 18.3. The molecule has 0 aliphatic carbocycles. The lowest BCUT2D eigenvalue weighted by Crippen LogP contribution is -2.26. The third-order valence-electron chi connectivity index (χ3n) is 4.45. The number of aryl methyl sites for hydroxylation is 3. The Labute approximate surface area is 176 Å². The van der Waals surface area contributed by atoms with Crippen LogP contribution in [-0.2, 0) is 6.54 Å². The van der Waals surface area contributed by atoms with Crippen molar-refractivity contribution in [3.05, 3.63) is 68.1 Å². The average Bonchev–Trinajstić information content (AvgIpc) is 3.17. The lowest BCUT2D eigenvalue weighted by atomic mass is 10.2. The first kappa shape index (κ1) is 21.0. The molecule has 2 amide bonds. The number of nitrogens with one attached hydrogen (secondary N) is 1. The van der Waals surface area contributed by atoms with Gasteiger partial charge in [0.15, 0.2) is 0 Å². The van der Waals surface area contributed by atoms with Gasteiger partial charge in [-0.2, -0.15) is 0 Å². The van der Waals surface area contributed by atoms with Crippen molar-refractivity contribution in [1.29, 1.82) is 0 Å². The van der Waals surface area contributed by atoms with Crippen molar-refractivity contribution >= 4 is 39.8 Å². The summed E-state index contributed by atoms with van der Waals surface area (Å²) in [6, 6.07) is 5.28. The summed E-state index contributed by atoms with van der Waals surface area (Å²) in [6.07, 6.45) is 0. The van der Waals surface area contributed by atoms with Gasteiger partial charge in [-0.25, -0.2) is 4.39 Å². The first-order valence-electron chi connectivity index (χ1n) is 8.71. The van der Waals surface area contributed by atoms with Crippen molar-refractivity contribution in [3.63, 3.8) is 0 Å². The Balaban J connectivity index is 1.75. The van der Waals surface area contributed by atoms with E-state index in [0.717, 1.165) is 22.9 Å². The normalized spacial score (nSPS) is 10.8. The van der Waals surface area contributed by atoms with Gasteiger partial charge in [0.25, 0.3) is 11.8 Å². The molecule has 3 aromatic rings. The Kier molecular flexibility index (Phi) is 6.04. The number of hydrogen-bond acceptors (Lipinski definition) is 5. The summed E-state index contributed by atoms with van der Waals surface area (Å²) in [5.41, 5.74) is 2.51. The molecule has 1 aromatic carbocycles. The van der Waals surface area contributed by atoms with Crippen molar-refractivity contribution in [1.82, 2.24) is 10.1 Å². The molecule has 1 N–H and O–H groups in total. The number of carbonyl (C=O) groups is 2. The van der Waals surface area contributed by atoms with Crippen LogP contribution in [0.1, 0.15) is 42.6 Å². The lowest BCUT2D eigenvalue weighted by Gasteiger charge is -2.16. The largest absolute Gasteiger partial charge is 0.361 e. The number of rotatable bonds is 5. The molecule has 2 heterocycles. The first-order valence-corrected chi connectivity index (χ1v) is 9.91. The zero-order chi connectivity index (χ0) is 21.3. The second kappa shape index (κ2) is 8.34. The van der Waals surface area contributed by atoms with Crippen molar-refractivity contribution in [2.24, 2.45) is 0 Å². The summed E-state index contributed by atoms with van der Waals surface area (Å²) in [6.45, 7) is 5.80. The summed E-state index contributed by atoms with van der Waals surface area (Å²) >= 11 is 7.11. The molecule has 152 valence electrons. The van der Waals surface area contributed by atoms with Crippen LogP contribution in [0.2, 0.25) is 5.02 Å². The number of aromatic nitrogens is 1. The number of benzene rings is 1. The summed E-state index contributed by atoms with van der Waals surface area (Å²) in [4.78, 5) is 27.4. The fourth-order valence-corrected chi connectivity index (χ4v) is 4.13. The number of amides is 2. The third kappa shape index (κ3) is 4.49. The Bertz CT molecular complexity index is 1070. The minimum absolute atomic E-state index is 0.0197. The molecular weight excluding hydrogens is 417 g/mol. The Hall–Kier alpha value is -2.71. The summed E-state index contributed by atoms with van der Waals surface area (Å²) in [5.74, 6) is -0.492. The molecule has 2 aromatic heterocycles. The summed E-state index contributed by atoms with van der Waals surface area (Å²) in [5, 5.41) is 7.14. The smallest absolute Gasteiger partial charge is 0.264 e. The summed E-state index contributed by atoms with van der Waals surface area (Å²) in [7, 11) is 1.70. The number of halogens is 2. The number of thiophene rings is 1. The maximum Gasteiger partial charge on any atom is 0.264 e. The zero-order valence-electron chi connectivity index (χ0n) is 16.3. The van der Waals surface area contributed by atoms with Crippen molar-refractivity contribution < 1.29 is 18.5 Å². The molecule has 29 heavy (non-hydrogen) atoms. The predicted molar refractivity (Wildman–Crippen MR) is 110 cm³/mol. The standard InChI is InChI=1S/C20H19ClFN3O3S/c1-10-7-17(23-19(26)14-6-5-13(22)8-16(14)21)29-18(10)20(27)25(4)9-15-11(2)24-28-12(15)3/h5-8H,9H2,1-4H3,(H,23,26). The highest BCUT2D eigenvalue weighted by Crippen LogP contribution is 2.29. The molecule has 0 bridgehead atoms. The predicted octanol–water partition coefficient (Wildman–Crippen LogP) is 4.98. The molecule has 0 saturated carbocycles. The molecular formula is C20H19ClFN3O3S. The van der Waals surface area contributed by atoms with E-state index < -0.39 is 11.7 Å². The minimum Gasteiger partial charge on any atom is -0.361 e. The second-order valence-electron chi connectivity index (χ2n) is 6.67. The van der Waals surface area contributed by atoms with Crippen molar-refractivity contribution in [3.8, 4) is 0 Å². The van der Waals surface area contributed by atoms with Gasteiger partial charge in [-0.1, -0.05) is 16.8 Å². The maximum absolute atomic E-state index is 13.2. The molecule has 3 rings (SSSR count). The Morgan fingerprint density at radius 3 is 2.62 bits per heavy atom. The Morgan fingerprint density at radius 1 is 1.28 bits per heavy atom. The van der Waals surface area contributed by atoms with Gasteiger partial charge < -0.3 is 14.7 Å². The third-order valence-corrected chi connectivity index (χ3v) is 5.90. The fraction of sp³-hybridized carbons (Fsp3) is 0.250. The van der Waals surface area contributed by atoms with Crippen LogP contribution in [-0.4, -0.2) is 28.9 Å². The molecule has 0 saturated heterocycles. The van der Waals surface area contributed by atoms with E-state index in [0.29, 0.717) is 22.2 Å². The monoisotopic (exact) mass is 435 g/mol. The first-order chi connectivity index (χ1) is 13.7. The van der Waals surface area contributed by atoms with Crippen LogP contribution >= 0.6 is 22.9 Å². The Morgan fingerprint density at radius 2 is 2.00 bits per heavy atom. The highest BCUT2D eigenvalue weighted by Gasteiger charge is 2.21. The average molecular weight is 436 g/mol. The van der Waals surface area contributed by atoms with Gasteiger partial charge in [-0.3, -0.25) is 9.59 Å². The van der Waals surface area contributed by atoms with E-state index in [1.165, 1.54) is 23.5 Å². The number of hydrogen-bond donors (Lipinski definition) is 1. The van der Waals surface area contributed by atoms with Crippen LogP contribution < -0.4 is 5.32 Å². The van der Waals surface area contributed by atoms with E-state index in [-0.39, 0.29) is 16.5 Å². The minimum atomic E-state index is -0.521. The van der Waals surface area contributed by atoms with Crippen LogP contribution in [0.25, 0.3) is 0 Å². The molecule has 0 aliphatic heterocycles. The van der Waals surface area contributed by atoms with Crippen LogP contribution in [0, 0.1) is 26.6 Å². The highest BCUT2D eigenvalue weighted by atomic mass is 35.5. The van der Waals surface area contributed by atoms with E-state index in [1.807, 2.05) is 6.92 Å². The van der Waals surface area contributed by atoms with Gasteiger partial charge in [0, 0.05) is 12.6 Å². The SMILES string of the molecule is Cc1cc(NC(=O)c2ccc(F)cc2Cl)sc1C(=O)N(C)Cc1c(C)noc1C. The van der Waals surface area contributed by atoms with Gasteiger partial charge in [0.1, 0.15) is 11.6 Å². The van der Waals surface area contributed by atoms with Crippen molar-refractivity contribution in [2.45, 2.75) is 27.3 Å². The molecule has 0 radical (unpaired) electrons. The van der Waals surface area contributed by atoms with Crippen molar-refractivity contribution in [2.75, 3.05) is 12.4 Å². The molecule has 0 unspecified atom stereocenters. The zero-order valence-corrected chi connectivity index (χ0v) is 17.9. The van der Waals surface area contributed by atoms with E-state index in [4.69, 9.17) is 16.1 Å². The highest BCUT2D eigenvalue weighted by molar-refractivity contribution is 7.18. The van der Waals surface area contributed by atoms with Gasteiger partial charge in [-0.15, -0.1) is 11.3 Å². The van der Waals surface area contributed by atoms with Crippen LogP contribution in [0.15, 0.2) is 28.8 Å². The van der Waals surface area contributed by atoms with Crippen LogP contribution in [0.4, 0.5) is 9.39 Å². The van der Waals surface area contributed by atoms with E-state index in [1.54, 1.807) is 31.9 Å². The van der Waals surface area contributed by atoms with Crippen LogP contribution in [0.3, 0.4) is 0 Å². The fourth-order valence-electron chi connectivity index (χ4n) is 2.82. The van der Waals surface area contributed by atoms with Gasteiger partial charge >= 0.3 is 0 Å². The van der Waals surface area contributed by atoms with E-state index in [2.05, 4.69) is 10.5 Å². The lowest BCUT2D eigenvalue weighted by molar-refractivity contribution is 0.0788. The number of anilines is 1. The molecule has 6 nitrogen and oxygen atoms in total. The van der Waals surface area contributed by atoms with E-state index >= 15 is 0 Å². The second-order valence-corrected chi connectivity index (χ2v) is 8.12. The van der Waals surface area contributed by atoms with Crippen LogP contribution in [0.5, 0.6) is 0 Å². The quantitative estimate of drug-likeness (QED) is 0.613. The molecule has 0 atom stereocenters. The van der Waals surface area contributed by atoms with Gasteiger partial charge in [0.05, 0.1) is 32.7 Å². The molecule has 0 spiro atoms. The molecule has 0 fully saturated rings. The number of carbonyl (C=O) groups excluding carboxylic acids is 2. The maximum atomic E-state index is 13.2. The molecule has 0 aliphatic rings. The van der Waals surface area contributed by atoms with E-state index in [9.17, 15) is 14.0 Å². The van der Waals surface area contributed by atoms with Gasteiger partial charge in [0.2, 0.25) is 0 Å².